The van der Waals surface area contributed by atoms with Crippen molar-refractivity contribution < 1.29 is 14.0 Å². The molecule has 6 nitrogen and oxygen atoms in total. The SMILES string of the molecule is CC(C(=O)Nc1ccccc1F)N(C)CC(=O)N1CCN(Cc2ccccc2)CC1. The Kier molecular flexibility index (Phi) is 7.54. The summed E-state index contributed by atoms with van der Waals surface area (Å²) in [7, 11) is 1.73. The number of rotatable bonds is 7. The van der Waals surface area contributed by atoms with Gasteiger partial charge in [0.05, 0.1) is 18.3 Å². The van der Waals surface area contributed by atoms with Crippen molar-refractivity contribution in [2.45, 2.75) is 19.5 Å². The maximum absolute atomic E-state index is 13.7. The highest BCUT2D eigenvalue weighted by Crippen LogP contribution is 2.14. The standard InChI is InChI=1S/C23H29FN4O2/c1-18(23(30)25-21-11-7-6-10-20(21)24)26(2)17-22(29)28-14-12-27(13-15-28)16-19-8-4-3-5-9-19/h3-11,18H,12-17H2,1-2H3,(H,25,30). The fourth-order valence-electron chi connectivity index (χ4n) is 3.45. The van der Waals surface area contributed by atoms with E-state index in [9.17, 15) is 14.0 Å². The van der Waals surface area contributed by atoms with Gasteiger partial charge in [0.2, 0.25) is 11.8 Å². The van der Waals surface area contributed by atoms with Gasteiger partial charge in [0.15, 0.2) is 0 Å². The average Bonchev–Trinajstić information content (AvgIpc) is 2.76. The van der Waals surface area contributed by atoms with Crippen LogP contribution in [0.4, 0.5) is 10.1 Å². The number of hydrogen-bond donors (Lipinski definition) is 1. The lowest BCUT2D eigenvalue weighted by atomic mass is 10.2. The second kappa shape index (κ2) is 10.3. The first-order valence-corrected chi connectivity index (χ1v) is 10.2. The largest absolute Gasteiger partial charge is 0.339 e. The molecule has 30 heavy (non-hydrogen) atoms. The van der Waals surface area contributed by atoms with Crippen LogP contribution in [0.2, 0.25) is 0 Å². The van der Waals surface area contributed by atoms with Crippen molar-refractivity contribution in [1.82, 2.24) is 14.7 Å². The third-order valence-electron chi connectivity index (χ3n) is 5.53. The highest BCUT2D eigenvalue weighted by molar-refractivity contribution is 5.95. The van der Waals surface area contributed by atoms with E-state index < -0.39 is 11.9 Å². The number of nitrogens with one attached hydrogen (secondary N) is 1. The Morgan fingerprint density at radius 3 is 2.33 bits per heavy atom. The molecule has 0 bridgehead atoms. The van der Waals surface area contributed by atoms with Gasteiger partial charge in [-0.2, -0.15) is 0 Å². The number of nitrogens with zero attached hydrogens (tertiary/aromatic N) is 3. The number of halogens is 1. The molecule has 1 heterocycles. The predicted molar refractivity (Wildman–Crippen MR) is 115 cm³/mol. The zero-order valence-electron chi connectivity index (χ0n) is 17.6. The number of benzene rings is 2. The summed E-state index contributed by atoms with van der Waals surface area (Å²) in [6, 6.07) is 15.8. The molecule has 2 aromatic carbocycles. The molecule has 1 aliphatic heterocycles. The fourth-order valence-corrected chi connectivity index (χ4v) is 3.45. The summed E-state index contributed by atoms with van der Waals surface area (Å²) < 4.78 is 13.7. The van der Waals surface area contributed by atoms with Crippen LogP contribution in [-0.4, -0.2) is 72.3 Å². The van der Waals surface area contributed by atoms with Crippen LogP contribution < -0.4 is 5.32 Å². The van der Waals surface area contributed by atoms with Crippen LogP contribution in [0.5, 0.6) is 0 Å². The van der Waals surface area contributed by atoms with Crippen LogP contribution in [0.25, 0.3) is 0 Å². The Morgan fingerprint density at radius 1 is 1.03 bits per heavy atom. The second-order valence-electron chi connectivity index (χ2n) is 7.70. The molecular weight excluding hydrogens is 383 g/mol. The predicted octanol–water partition coefficient (Wildman–Crippen LogP) is 2.43. The Balaban J connectivity index is 1.45. The normalized spacial score (nSPS) is 15.8. The topological polar surface area (TPSA) is 55.9 Å². The van der Waals surface area contributed by atoms with Crippen LogP contribution >= 0.6 is 0 Å². The molecule has 160 valence electrons. The van der Waals surface area contributed by atoms with Crippen molar-refractivity contribution in [3.8, 4) is 0 Å². The summed E-state index contributed by atoms with van der Waals surface area (Å²) in [6.45, 7) is 5.74. The molecule has 0 spiro atoms. The number of amides is 2. The lowest BCUT2D eigenvalue weighted by Gasteiger charge is -2.36. The van der Waals surface area contributed by atoms with E-state index in [4.69, 9.17) is 0 Å². The lowest BCUT2D eigenvalue weighted by molar-refractivity contribution is -0.135. The first-order valence-electron chi connectivity index (χ1n) is 10.2. The molecule has 0 aromatic heterocycles. The van der Waals surface area contributed by atoms with E-state index in [0.29, 0.717) is 13.1 Å². The number of likely N-dealkylation sites (N-methyl/N-ethyl adjacent to an activating group) is 1. The number of piperazine rings is 1. The van der Waals surface area contributed by atoms with E-state index in [-0.39, 0.29) is 24.0 Å². The van der Waals surface area contributed by atoms with E-state index in [1.807, 2.05) is 23.1 Å². The third kappa shape index (κ3) is 5.87. The Bertz CT molecular complexity index is 853. The van der Waals surface area contributed by atoms with Gasteiger partial charge < -0.3 is 10.2 Å². The summed E-state index contributed by atoms with van der Waals surface area (Å²) in [5.41, 5.74) is 1.41. The van der Waals surface area contributed by atoms with Gasteiger partial charge in [0.25, 0.3) is 0 Å². The van der Waals surface area contributed by atoms with E-state index in [2.05, 4.69) is 22.3 Å². The number of anilines is 1. The van der Waals surface area contributed by atoms with Gasteiger partial charge in [-0.15, -0.1) is 0 Å². The highest BCUT2D eigenvalue weighted by Gasteiger charge is 2.25. The van der Waals surface area contributed by atoms with Gasteiger partial charge in [-0.05, 0) is 31.7 Å². The molecule has 0 aliphatic carbocycles. The van der Waals surface area contributed by atoms with Gasteiger partial charge in [0.1, 0.15) is 5.82 Å². The second-order valence-corrected chi connectivity index (χ2v) is 7.70. The Labute approximate surface area is 177 Å². The number of hydrogen-bond acceptors (Lipinski definition) is 4. The molecule has 0 saturated carbocycles. The number of carbonyl (C=O) groups excluding carboxylic acids is 2. The van der Waals surface area contributed by atoms with Gasteiger partial charge in [0, 0.05) is 32.7 Å². The zero-order chi connectivity index (χ0) is 21.5. The van der Waals surface area contributed by atoms with Crippen molar-refractivity contribution in [1.29, 1.82) is 0 Å². The summed E-state index contributed by atoms with van der Waals surface area (Å²) in [5.74, 6) is -0.823. The van der Waals surface area contributed by atoms with Crippen LogP contribution in [0.1, 0.15) is 12.5 Å². The van der Waals surface area contributed by atoms with Crippen LogP contribution in [-0.2, 0) is 16.1 Å². The van der Waals surface area contributed by atoms with Gasteiger partial charge in [-0.3, -0.25) is 19.4 Å². The monoisotopic (exact) mass is 412 g/mol. The molecule has 1 aliphatic rings. The molecule has 0 radical (unpaired) electrons. The molecule has 1 fully saturated rings. The summed E-state index contributed by atoms with van der Waals surface area (Å²) in [5, 5.41) is 2.59. The smallest absolute Gasteiger partial charge is 0.241 e. The van der Waals surface area contributed by atoms with Crippen LogP contribution in [0.3, 0.4) is 0 Å². The number of para-hydroxylation sites is 1. The highest BCUT2D eigenvalue weighted by atomic mass is 19.1. The van der Waals surface area contributed by atoms with Crippen molar-refractivity contribution in [3.05, 3.63) is 66.0 Å². The van der Waals surface area contributed by atoms with E-state index in [1.165, 1.54) is 17.7 Å². The van der Waals surface area contributed by atoms with Crippen molar-refractivity contribution >= 4 is 17.5 Å². The Morgan fingerprint density at radius 2 is 1.67 bits per heavy atom. The molecule has 3 rings (SSSR count). The van der Waals surface area contributed by atoms with E-state index >= 15 is 0 Å². The average molecular weight is 413 g/mol. The summed E-state index contributed by atoms with van der Waals surface area (Å²) >= 11 is 0. The summed E-state index contributed by atoms with van der Waals surface area (Å²) in [4.78, 5) is 31.0. The first kappa shape index (κ1) is 21.9. The number of carbonyl (C=O) groups is 2. The lowest BCUT2D eigenvalue weighted by Crippen LogP contribution is -2.52. The fraction of sp³-hybridized carbons (Fsp3) is 0.391. The van der Waals surface area contributed by atoms with E-state index in [1.54, 1.807) is 31.0 Å². The molecule has 1 atom stereocenters. The zero-order valence-corrected chi connectivity index (χ0v) is 17.6. The quantitative estimate of drug-likeness (QED) is 0.759. The molecule has 7 heteroatoms. The van der Waals surface area contributed by atoms with E-state index in [0.717, 1.165) is 19.6 Å². The molecule has 2 aromatic rings. The molecule has 2 amide bonds. The maximum atomic E-state index is 13.7. The first-order chi connectivity index (χ1) is 14.4. The van der Waals surface area contributed by atoms with Gasteiger partial charge in [-0.25, -0.2) is 4.39 Å². The molecule has 1 saturated heterocycles. The van der Waals surface area contributed by atoms with Gasteiger partial charge >= 0.3 is 0 Å². The minimum Gasteiger partial charge on any atom is -0.339 e. The van der Waals surface area contributed by atoms with Crippen LogP contribution in [0, 0.1) is 5.82 Å². The molecule has 1 N–H and O–H groups in total. The minimum absolute atomic E-state index is 0.00222. The maximum Gasteiger partial charge on any atom is 0.241 e. The molecular formula is C23H29FN4O2. The van der Waals surface area contributed by atoms with Crippen LogP contribution in [0.15, 0.2) is 54.6 Å². The molecule has 1 unspecified atom stereocenters. The van der Waals surface area contributed by atoms with Crippen molar-refractivity contribution in [2.75, 3.05) is 45.1 Å². The van der Waals surface area contributed by atoms with Crippen molar-refractivity contribution in [3.63, 3.8) is 0 Å². The minimum atomic E-state index is -0.562. The van der Waals surface area contributed by atoms with Gasteiger partial charge in [-0.1, -0.05) is 42.5 Å². The third-order valence-corrected chi connectivity index (χ3v) is 5.53. The Hall–Kier alpha value is -2.77. The summed E-state index contributed by atoms with van der Waals surface area (Å²) in [6.07, 6.45) is 0. The van der Waals surface area contributed by atoms with Crippen molar-refractivity contribution in [2.24, 2.45) is 0 Å².